The average Bonchev–Trinajstić information content (AvgIpc) is 2.64. The smallest absolute Gasteiger partial charge is 0.256 e. The van der Waals surface area contributed by atoms with E-state index in [0.717, 1.165) is 25.4 Å². The van der Waals surface area contributed by atoms with E-state index in [1.165, 1.54) is 11.6 Å². The Hall–Kier alpha value is -1.92. The van der Waals surface area contributed by atoms with Crippen molar-refractivity contribution in [3.63, 3.8) is 0 Å². The Bertz CT molecular complexity index is 744. The van der Waals surface area contributed by atoms with E-state index in [9.17, 15) is 9.18 Å². The molecule has 0 spiro atoms. The van der Waals surface area contributed by atoms with Crippen molar-refractivity contribution in [3.05, 3.63) is 63.9 Å². The number of ether oxygens (including phenoxy) is 1. The van der Waals surface area contributed by atoms with Gasteiger partial charge in [0.15, 0.2) is 0 Å². The van der Waals surface area contributed by atoms with Crippen molar-refractivity contribution in [1.82, 2.24) is 9.80 Å². The van der Waals surface area contributed by atoms with Crippen LogP contribution in [-0.2, 0) is 6.54 Å². The van der Waals surface area contributed by atoms with Gasteiger partial charge in [0, 0.05) is 37.2 Å². The lowest BCUT2D eigenvalue weighted by Crippen LogP contribution is -2.48. The number of nitrogens with zero attached hydrogens (tertiary/aromatic N) is 2. The maximum Gasteiger partial charge on any atom is 0.256 e. The first kappa shape index (κ1) is 17.9. The SMILES string of the molecule is COc1ccc(CN2CCN(C(=O)c3cc(Br)ccc3F)CC2)cc1. The van der Waals surface area contributed by atoms with E-state index in [0.29, 0.717) is 17.6 Å². The number of hydrogen-bond donors (Lipinski definition) is 0. The highest BCUT2D eigenvalue weighted by Gasteiger charge is 2.24. The summed E-state index contributed by atoms with van der Waals surface area (Å²) < 4.78 is 19.8. The zero-order valence-corrected chi connectivity index (χ0v) is 15.6. The Balaban J connectivity index is 1.57. The molecule has 132 valence electrons. The van der Waals surface area contributed by atoms with Crippen LogP contribution in [0.2, 0.25) is 0 Å². The normalized spacial score (nSPS) is 15.2. The molecular weight excluding hydrogens is 387 g/mol. The van der Waals surface area contributed by atoms with Crippen molar-refractivity contribution in [3.8, 4) is 5.75 Å². The fourth-order valence-electron chi connectivity index (χ4n) is 2.93. The topological polar surface area (TPSA) is 32.8 Å². The van der Waals surface area contributed by atoms with Crippen LogP contribution in [0.1, 0.15) is 15.9 Å². The highest BCUT2D eigenvalue weighted by Crippen LogP contribution is 2.19. The highest BCUT2D eigenvalue weighted by atomic mass is 79.9. The van der Waals surface area contributed by atoms with Crippen LogP contribution in [0.4, 0.5) is 4.39 Å². The van der Waals surface area contributed by atoms with E-state index in [4.69, 9.17) is 4.74 Å². The molecule has 1 heterocycles. The molecular formula is C19H20BrFN2O2. The molecule has 1 saturated heterocycles. The van der Waals surface area contributed by atoms with Crippen LogP contribution in [0.3, 0.4) is 0 Å². The third kappa shape index (κ3) is 4.38. The molecule has 0 unspecified atom stereocenters. The van der Waals surface area contributed by atoms with E-state index in [2.05, 4.69) is 20.8 Å². The molecule has 2 aromatic carbocycles. The lowest BCUT2D eigenvalue weighted by molar-refractivity contribution is 0.0624. The lowest BCUT2D eigenvalue weighted by atomic mass is 10.1. The molecule has 0 saturated carbocycles. The number of carbonyl (C=O) groups excluding carboxylic acids is 1. The number of amides is 1. The summed E-state index contributed by atoms with van der Waals surface area (Å²) in [6.07, 6.45) is 0. The van der Waals surface area contributed by atoms with E-state index in [1.807, 2.05) is 24.3 Å². The molecule has 25 heavy (non-hydrogen) atoms. The van der Waals surface area contributed by atoms with Crippen molar-refractivity contribution in [2.75, 3.05) is 33.3 Å². The first-order chi connectivity index (χ1) is 12.1. The second-order valence-corrected chi connectivity index (χ2v) is 6.96. The first-order valence-electron chi connectivity index (χ1n) is 8.16. The highest BCUT2D eigenvalue weighted by molar-refractivity contribution is 9.10. The molecule has 3 rings (SSSR count). The number of halogens is 2. The Kier molecular flexibility index (Phi) is 5.71. The third-order valence-corrected chi connectivity index (χ3v) is 4.88. The van der Waals surface area contributed by atoms with Crippen LogP contribution in [0, 0.1) is 5.82 Å². The maximum absolute atomic E-state index is 13.9. The number of carbonyl (C=O) groups is 1. The fourth-order valence-corrected chi connectivity index (χ4v) is 3.29. The third-order valence-electron chi connectivity index (χ3n) is 4.38. The van der Waals surface area contributed by atoms with Gasteiger partial charge in [0.1, 0.15) is 11.6 Å². The summed E-state index contributed by atoms with van der Waals surface area (Å²) in [4.78, 5) is 16.6. The largest absolute Gasteiger partial charge is 0.497 e. The average molecular weight is 407 g/mol. The maximum atomic E-state index is 13.9. The predicted molar refractivity (Wildman–Crippen MR) is 98.3 cm³/mol. The quantitative estimate of drug-likeness (QED) is 0.777. The first-order valence-corrected chi connectivity index (χ1v) is 8.96. The van der Waals surface area contributed by atoms with Gasteiger partial charge in [-0.05, 0) is 35.9 Å². The lowest BCUT2D eigenvalue weighted by Gasteiger charge is -2.34. The van der Waals surface area contributed by atoms with Crippen molar-refractivity contribution in [2.24, 2.45) is 0 Å². The van der Waals surface area contributed by atoms with Crippen LogP contribution in [-0.4, -0.2) is 49.0 Å². The molecule has 1 amide bonds. The van der Waals surface area contributed by atoms with Crippen LogP contribution < -0.4 is 4.74 Å². The molecule has 1 aliphatic rings. The van der Waals surface area contributed by atoms with Crippen LogP contribution in [0.15, 0.2) is 46.9 Å². The molecule has 0 atom stereocenters. The van der Waals surface area contributed by atoms with Gasteiger partial charge >= 0.3 is 0 Å². The minimum atomic E-state index is -0.478. The Morgan fingerprint density at radius 1 is 1.12 bits per heavy atom. The molecule has 0 aliphatic carbocycles. The van der Waals surface area contributed by atoms with E-state index in [-0.39, 0.29) is 11.5 Å². The zero-order valence-electron chi connectivity index (χ0n) is 14.0. The second-order valence-electron chi connectivity index (χ2n) is 6.04. The minimum absolute atomic E-state index is 0.123. The Morgan fingerprint density at radius 3 is 2.44 bits per heavy atom. The number of hydrogen-bond acceptors (Lipinski definition) is 3. The Morgan fingerprint density at radius 2 is 1.80 bits per heavy atom. The van der Waals surface area contributed by atoms with Gasteiger partial charge < -0.3 is 9.64 Å². The van der Waals surface area contributed by atoms with Gasteiger partial charge in [-0.1, -0.05) is 28.1 Å². The summed E-state index contributed by atoms with van der Waals surface area (Å²) in [6.45, 7) is 3.57. The van der Waals surface area contributed by atoms with Crippen molar-refractivity contribution >= 4 is 21.8 Å². The molecule has 4 nitrogen and oxygen atoms in total. The monoisotopic (exact) mass is 406 g/mol. The predicted octanol–water partition coefficient (Wildman–Crippen LogP) is 3.55. The van der Waals surface area contributed by atoms with E-state index < -0.39 is 5.82 Å². The van der Waals surface area contributed by atoms with Gasteiger partial charge in [-0.15, -0.1) is 0 Å². The standard InChI is InChI=1S/C19H20BrFN2O2/c1-25-16-5-2-14(3-6-16)13-22-8-10-23(11-9-22)19(24)17-12-15(20)4-7-18(17)21/h2-7,12H,8-11,13H2,1H3. The molecule has 0 N–H and O–H groups in total. The van der Waals surface area contributed by atoms with Gasteiger partial charge in [0.2, 0.25) is 0 Å². The van der Waals surface area contributed by atoms with Gasteiger partial charge in [-0.25, -0.2) is 4.39 Å². The van der Waals surface area contributed by atoms with Crippen LogP contribution >= 0.6 is 15.9 Å². The van der Waals surface area contributed by atoms with Gasteiger partial charge in [-0.2, -0.15) is 0 Å². The molecule has 2 aromatic rings. The van der Waals surface area contributed by atoms with Gasteiger partial charge in [0.05, 0.1) is 12.7 Å². The summed E-state index contributed by atoms with van der Waals surface area (Å²) in [5.41, 5.74) is 1.33. The van der Waals surface area contributed by atoms with Crippen LogP contribution in [0.5, 0.6) is 5.75 Å². The molecule has 0 radical (unpaired) electrons. The number of rotatable bonds is 4. The summed E-state index contributed by atoms with van der Waals surface area (Å²) in [6, 6.07) is 12.5. The van der Waals surface area contributed by atoms with Crippen molar-refractivity contribution < 1.29 is 13.9 Å². The van der Waals surface area contributed by atoms with Crippen molar-refractivity contribution in [1.29, 1.82) is 0 Å². The summed E-state index contributed by atoms with van der Waals surface area (Å²) in [5.74, 6) is 0.118. The number of methoxy groups -OCH3 is 1. The molecule has 1 fully saturated rings. The fraction of sp³-hybridized carbons (Fsp3) is 0.316. The molecule has 1 aliphatic heterocycles. The van der Waals surface area contributed by atoms with Crippen LogP contribution in [0.25, 0.3) is 0 Å². The van der Waals surface area contributed by atoms with Gasteiger partial charge in [0.25, 0.3) is 5.91 Å². The van der Waals surface area contributed by atoms with Gasteiger partial charge in [-0.3, -0.25) is 9.69 Å². The zero-order chi connectivity index (χ0) is 17.8. The summed E-state index contributed by atoms with van der Waals surface area (Å²) in [5, 5.41) is 0. The second kappa shape index (κ2) is 7.97. The van der Waals surface area contributed by atoms with Crippen molar-refractivity contribution in [2.45, 2.75) is 6.54 Å². The molecule has 0 bridgehead atoms. The summed E-state index contributed by atoms with van der Waals surface area (Å²) >= 11 is 3.29. The number of benzene rings is 2. The molecule has 0 aromatic heterocycles. The number of piperazine rings is 1. The minimum Gasteiger partial charge on any atom is -0.497 e. The van der Waals surface area contributed by atoms with E-state index >= 15 is 0 Å². The van der Waals surface area contributed by atoms with E-state index in [1.54, 1.807) is 24.1 Å². The molecule has 6 heteroatoms. The Labute approximate surface area is 155 Å². The summed E-state index contributed by atoms with van der Waals surface area (Å²) in [7, 11) is 1.65.